The lowest BCUT2D eigenvalue weighted by Gasteiger charge is -2.28. The molecule has 0 saturated carbocycles. The lowest BCUT2D eigenvalue weighted by molar-refractivity contribution is 0.138. The highest BCUT2D eigenvalue weighted by atomic mass is 32.2. The van der Waals surface area contributed by atoms with Gasteiger partial charge in [-0.2, -0.15) is 0 Å². The Morgan fingerprint density at radius 3 is 2.00 bits per heavy atom. The summed E-state index contributed by atoms with van der Waals surface area (Å²) in [7, 11) is -3.28. The van der Waals surface area contributed by atoms with E-state index in [0.717, 1.165) is 18.2 Å². The third kappa shape index (κ3) is 3.33. The lowest BCUT2D eigenvalue weighted by Crippen LogP contribution is -2.44. The first kappa shape index (κ1) is 15.2. The molecule has 0 bridgehead atoms. The zero-order valence-electron chi connectivity index (χ0n) is 11.5. The van der Waals surface area contributed by atoms with Gasteiger partial charge in [-0.3, -0.25) is 0 Å². The number of aliphatic hydroxyl groups is 1. The predicted octanol–water partition coefficient (Wildman–Crippen LogP) is 1.98. The van der Waals surface area contributed by atoms with Gasteiger partial charge in [-0.05, 0) is 37.8 Å². The van der Waals surface area contributed by atoms with Gasteiger partial charge < -0.3 is 5.11 Å². The SMILES string of the molecule is CCc1ccc(CC(O)C(C)(C)S(C)(=O)=O)cc1. The van der Waals surface area contributed by atoms with Gasteiger partial charge in [-0.25, -0.2) is 8.42 Å². The molecule has 0 amide bonds. The maximum Gasteiger partial charge on any atom is 0.155 e. The molecule has 102 valence electrons. The first-order valence-corrected chi connectivity index (χ1v) is 8.03. The molecule has 0 fully saturated rings. The summed E-state index contributed by atoms with van der Waals surface area (Å²) in [6.45, 7) is 5.21. The van der Waals surface area contributed by atoms with E-state index in [1.54, 1.807) is 13.8 Å². The largest absolute Gasteiger partial charge is 0.391 e. The summed E-state index contributed by atoms with van der Waals surface area (Å²) < 4.78 is 22.1. The van der Waals surface area contributed by atoms with Crippen LogP contribution >= 0.6 is 0 Å². The van der Waals surface area contributed by atoms with Gasteiger partial charge in [0.15, 0.2) is 9.84 Å². The fourth-order valence-corrected chi connectivity index (χ4v) is 2.20. The normalized spacial score (nSPS) is 14.5. The highest BCUT2D eigenvalue weighted by Crippen LogP contribution is 2.23. The molecule has 0 aromatic heterocycles. The first-order chi connectivity index (χ1) is 8.18. The van der Waals surface area contributed by atoms with Crippen LogP contribution in [0, 0.1) is 0 Å². The zero-order valence-corrected chi connectivity index (χ0v) is 12.3. The minimum Gasteiger partial charge on any atom is -0.391 e. The molecule has 1 aromatic carbocycles. The van der Waals surface area contributed by atoms with E-state index in [9.17, 15) is 13.5 Å². The third-order valence-corrected chi connectivity index (χ3v) is 5.80. The molecular weight excluding hydrogens is 248 g/mol. The van der Waals surface area contributed by atoms with Crippen molar-refractivity contribution < 1.29 is 13.5 Å². The van der Waals surface area contributed by atoms with Crippen molar-refractivity contribution in [1.82, 2.24) is 0 Å². The van der Waals surface area contributed by atoms with Crippen LogP contribution in [0.3, 0.4) is 0 Å². The minimum atomic E-state index is -3.28. The van der Waals surface area contributed by atoms with Crippen LogP contribution in [0.4, 0.5) is 0 Å². The second kappa shape index (κ2) is 5.41. The fourth-order valence-electron chi connectivity index (χ4n) is 1.63. The van der Waals surface area contributed by atoms with Crippen LogP contribution < -0.4 is 0 Å². The topological polar surface area (TPSA) is 54.4 Å². The Morgan fingerprint density at radius 2 is 1.61 bits per heavy atom. The monoisotopic (exact) mass is 270 g/mol. The first-order valence-electron chi connectivity index (χ1n) is 6.14. The fraction of sp³-hybridized carbons (Fsp3) is 0.571. The number of benzene rings is 1. The summed E-state index contributed by atoms with van der Waals surface area (Å²) in [6.07, 6.45) is 1.58. The molecule has 0 radical (unpaired) electrons. The van der Waals surface area contributed by atoms with Gasteiger partial charge in [0.25, 0.3) is 0 Å². The van der Waals surface area contributed by atoms with Gasteiger partial charge in [0.05, 0.1) is 10.9 Å². The second-order valence-corrected chi connectivity index (χ2v) is 7.86. The van der Waals surface area contributed by atoms with E-state index in [-0.39, 0.29) is 0 Å². The second-order valence-electron chi connectivity index (χ2n) is 5.27. The summed E-state index contributed by atoms with van der Waals surface area (Å²) in [6, 6.07) is 7.91. The molecule has 0 aliphatic rings. The highest BCUT2D eigenvalue weighted by molar-refractivity contribution is 7.92. The summed E-state index contributed by atoms with van der Waals surface area (Å²) in [5.41, 5.74) is 2.19. The number of hydrogen-bond donors (Lipinski definition) is 1. The van der Waals surface area contributed by atoms with Gasteiger partial charge >= 0.3 is 0 Å². The van der Waals surface area contributed by atoms with Crippen molar-refractivity contribution in [1.29, 1.82) is 0 Å². The highest BCUT2D eigenvalue weighted by Gasteiger charge is 2.37. The maximum atomic E-state index is 11.6. The van der Waals surface area contributed by atoms with Crippen LogP contribution in [0.1, 0.15) is 31.9 Å². The van der Waals surface area contributed by atoms with Crippen molar-refractivity contribution in [3.8, 4) is 0 Å². The molecule has 1 N–H and O–H groups in total. The van der Waals surface area contributed by atoms with Crippen molar-refractivity contribution >= 4 is 9.84 Å². The lowest BCUT2D eigenvalue weighted by atomic mass is 9.97. The van der Waals surface area contributed by atoms with Crippen LogP contribution in [0.5, 0.6) is 0 Å². The van der Waals surface area contributed by atoms with Gasteiger partial charge in [0, 0.05) is 6.26 Å². The molecular formula is C14H22O3S. The molecule has 0 aliphatic heterocycles. The number of sulfone groups is 1. The molecule has 3 nitrogen and oxygen atoms in total. The van der Waals surface area contributed by atoms with E-state index >= 15 is 0 Å². The molecule has 1 unspecified atom stereocenters. The van der Waals surface area contributed by atoms with Gasteiger partial charge in [-0.1, -0.05) is 31.2 Å². The van der Waals surface area contributed by atoms with Crippen molar-refractivity contribution in [3.05, 3.63) is 35.4 Å². The molecule has 1 atom stereocenters. The van der Waals surface area contributed by atoms with Gasteiger partial charge in [0.1, 0.15) is 0 Å². The Labute approximate surface area is 110 Å². The molecule has 0 aliphatic carbocycles. The van der Waals surface area contributed by atoms with Crippen molar-refractivity contribution in [2.45, 2.75) is 44.5 Å². The number of aryl methyl sites for hydroxylation is 1. The van der Waals surface area contributed by atoms with E-state index in [2.05, 4.69) is 6.92 Å². The van der Waals surface area contributed by atoms with E-state index in [1.165, 1.54) is 5.56 Å². The number of hydrogen-bond acceptors (Lipinski definition) is 3. The van der Waals surface area contributed by atoms with Crippen LogP contribution in [-0.2, 0) is 22.7 Å². The van der Waals surface area contributed by atoms with Crippen molar-refractivity contribution in [3.63, 3.8) is 0 Å². The Bertz CT molecular complexity index is 486. The van der Waals surface area contributed by atoms with Gasteiger partial charge in [0.2, 0.25) is 0 Å². The Balaban J connectivity index is 2.84. The summed E-state index contributed by atoms with van der Waals surface area (Å²) in [4.78, 5) is 0. The Kier molecular flexibility index (Phi) is 4.56. The minimum absolute atomic E-state index is 0.351. The van der Waals surface area contributed by atoms with E-state index in [1.807, 2.05) is 24.3 Å². The van der Waals surface area contributed by atoms with Crippen molar-refractivity contribution in [2.24, 2.45) is 0 Å². The summed E-state index contributed by atoms with van der Waals surface area (Å²) in [5, 5.41) is 10.1. The molecule has 0 saturated heterocycles. The average molecular weight is 270 g/mol. The maximum absolute atomic E-state index is 11.6. The summed E-state index contributed by atoms with van der Waals surface area (Å²) >= 11 is 0. The van der Waals surface area contributed by atoms with Gasteiger partial charge in [-0.15, -0.1) is 0 Å². The smallest absolute Gasteiger partial charge is 0.155 e. The van der Waals surface area contributed by atoms with Crippen molar-refractivity contribution in [2.75, 3.05) is 6.26 Å². The molecule has 4 heteroatoms. The number of aliphatic hydroxyl groups excluding tert-OH is 1. The Hall–Kier alpha value is -0.870. The summed E-state index contributed by atoms with van der Waals surface area (Å²) in [5.74, 6) is 0. The molecule has 1 aromatic rings. The standard InChI is InChI=1S/C14H22O3S/c1-5-11-6-8-12(9-7-11)10-13(15)14(2,3)18(4,16)17/h6-9,13,15H,5,10H2,1-4H3. The van der Waals surface area contributed by atoms with E-state index in [0.29, 0.717) is 6.42 Å². The quantitative estimate of drug-likeness (QED) is 0.890. The average Bonchev–Trinajstić information content (AvgIpc) is 2.28. The van der Waals surface area contributed by atoms with Crippen LogP contribution in [-0.4, -0.2) is 30.6 Å². The Morgan fingerprint density at radius 1 is 1.17 bits per heavy atom. The van der Waals surface area contributed by atoms with E-state index < -0.39 is 20.7 Å². The van der Waals surface area contributed by atoms with E-state index in [4.69, 9.17) is 0 Å². The third-order valence-electron chi connectivity index (χ3n) is 3.62. The number of rotatable bonds is 5. The zero-order chi connectivity index (χ0) is 14.0. The predicted molar refractivity (Wildman–Crippen MR) is 74.5 cm³/mol. The van der Waals surface area contributed by atoms with Crippen LogP contribution in [0.25, 0.3) is 0 Å². The molecule has 0 spiro atoms. The van der Waals surface area contributed by atoms with Crippen LogP contribution in [0.15, 0.2) is 24.3 Å². The molecule has 0 heterocycles. The molecule has 1 rings (SSSR count). The molecule has 18 heavy (non-hydrogen) atoms. The van der Waals surface area contributed by atoms with Crippen LogP contribution in [0.2, 0.25) is 0 Å².